The molecule has 1 heterocycles. The number of benzene rings is 1. The first-order valence-corrected chi connectivity index (χ1v) is 4.04. The molecule has 12 heavy (non-hydrogen) atoms. The van der Waals surface area contributed by atoms with Gasteiger partial charge in [-0.15, -0.1) is 0 Å². The van der Waals surface area contributed by atoms with E-state index in [0.717, 1.165) is 23.2 Å². The van der Waals surface area contributed by atoms with Crippen LogP contribution in [-0.2, 0) is 0 Å². The average Bonchev–Trinajstić information content (AvgIpc) is 2.48. The molecule has 0 N–H and O–H groups in total. The molecule has 0 aromatic heterocycles. The highest BCUT2D eigenvalue weighted by atomic mass is 16.5. The zero-order chi connectivity index (χ0) is 8.55. The summed E-state index contributed by atoms with van der Waals surface area (Å²) in [4.78, 5) is 10.7. The minimum Gasteiger partial charge on any atom is -0.493 e. The van der Waals surface area contributed by atoms with Crippen molar-refractivity contribution in [1.29, 1.82) is 0 Å². The summed E-state index contributed by atoms with van der Waals surface area (Å²) in [6, 6.07) is 5.59. The van der Waals surface area contributed by atoms with Crippen LogP contribution in [-0.4, -0.2) is 12.9 Å². The van der Waals surface area contributed by atoms with E-state index in [4.69, 9.17) is 4.74 Å². The van der Waals surface area contributed by atoms with Crippen molar-refractivity contribution >= 4 is 6.29 Å². The molecule has 0 fully saturated rings. The van der Waals surface area contributed by atoms with Crippen molar-refractivity contribution in [3.63, 3.8) is 0 Å². The number of aldehydes is 1. The molecule has 62 valence electrons. The zero-order valence-corrected chi connectivity index (χ0v) is 6.91. The Morgan fingerprint density at radius 3 is 3.17 bits per heavy atom. The van der Waals surface area contributed by atoms with E-state index in [-0.39, 0.29) is 0 Å². The maximum Gasteiger partial charge on any atom is 0.150 e. The fraction of sp³-hybridized carbons (Fsp3) is 0.300. The van der Waals surface area contributed by atoms with Crippen LogP contribution >= 0.6 is 0 Å². The van der Waals surface area contributed by atoms with Crippen LogP contribution in [0.1, 0.15) is 28.8 Å². The van der Waals surface area contributed by atoms with E-state index in [9.17, 15) is 4.79 Å². The molecular formula is C10H10O2. The van der Waals surface area contributed by atoms with Gasteiger partial charge in [-0.3, -0.25) is 4.79 Å². The van der Waals surface area contributed by atoms with Gasteiger partial charge in [-0.05, 0) is 6.07 Å². The molecule has 0 amide bonds. The summed E-state index contributed by atoms with van der Waals surface area (Å²) in [5.74, 6) is 1.22. The summed E-state index contributed by atoms with van der Waals surface area (Å²) in [5.41, 5.74) is 1.82. The van der Waals surface area contributed by atoms with Crippen LogP contribution in [0.3, 0.4) is 0 Å². The van der Waals surface area contributed by atoms with E-state index in [1.165, 1.54) is 0 Å². The monoisotopic (exact) mass is 162 g/mol. The molecule has 0 radical (unpaired) electrons. The van der Waals surface area contributed by atoms with Crippen molar-refractivity contribution in [2.45, 2.75) is 12.8 Å². The van der Waals surface area contributed by atoms with Gasteiger partial charge in [0.2, 0.25) is 0 Å². The van der Waals surface area contributed by atoms with Crippen LogP contribution in [0.15, 0.2) is 18.2 Å². The second-order valence-electron chi connectivity index (χ2n) is 3.09. The topological polar surface area (TPSA) is 26.3 Å². The predicted octanol–water partition coefficient (Wildman–Crippen LogP) is 2.00. The fourth-order valence-corrected chi connectivity index (χ4v) is 1.62. The van der Waals surface area contributed by atoms with Gasteiger partial charge in [0.05, 0.1) is 6.61 Å². The van der Waals surface area contributed by atoms with Crippen molar-refractivity contribution in [3.05, 3.63) is 29.3 Å². The first-order chi connectivity index (χ1) is 5.83. The second-order valence-corrected chi connectivity index (χ2v) is 3.09. The largest absolute Gasteiger partial charge is 0.493 e. The Bertz CT molecular complexity index is 318. The Kier molecular flexibility index (Phi) is 1.61. The predicted molar refractivity (Wildman–Crippen MR) is 45.7 cm³/mol. The summed E-state index contributed by atoms with van der Waals surface area (Å²) in [7, 11) is 0. The standard InChI is InChI=1S/C10H10O2/c1-7-6-12-9-4-2-3-8(5-11)10(7)9/h2-5,7H,6H2,1H3. The first kappa shape index (κ1) is 7.35. The number of carbonyl (C=O) groups excluding carboxylic acids is 1. The van der Waals surface area contributed by atoms with Crippen LogP contribution in [0.5, 0.6) is 5.75 Å². The summed E-state index contributed by atoms with van der Waals surface area (Å²) >= 11 is 0. The van der Waals surface area contributed by atoms with Crippen LogP contribution in [0, 0.1) is 0 Å². The molecule has 1 aromatic rings. The van der Waals surface area contributed by atoms with Crippen molar-refractivity contribution < 1.29 is 9.53 Å². The summed E-state index contributed by atoms with van der Waals surface area (Å²) < 4.78 is 5.39. The molecule has 1 aliphatic rings. The highest BCUT2D eigenvalue weighted by Crippen LogP contribution is 2.35. The van der Waals surface area contributed by atoms with E-state index in [1.807, 2.05) is 18.2 Å². The van der Waals surface area contributed by atoms with E-state index in [1.54, 1.807) is 0 Å². The van der Waals surface area contributed by atoms with E-state index >= 15 is 0 Å². The lowest BCUT2D eigenvalue weighted by Crippen LogP contribution is -1.96. The highest BCUT2D eigenvalue weighted by molar-refractivity contribution is 5.79. The Balaban J connectivity index is 2.60. The number of ether oxygens (including phenoxy) is 1. The van der Waals surface area contributed by atoms with E-state index in [2.05, 4.69) is 6.92 Å². The fourth-order valence-electron chi connectivity index (χ4n) is 1.62. The summed E-state index contributed by atoms with van der Waals surface area (Å²) in [6.07, 6.45) is 0.893. The van der Waals surface area contributed by atoms with Crippen molar-refractivity contribution in [2.24, 2.45) is 0 Å². The van der Waals surface area contributed by atoms with E-state index < -0.39 is 0 Å². The average molecular weight is 162 g/mol. The molecule has 1 atom stereocenters. The molecule has 2 rings (SSSR count). The molecule has 0 saturated carbocycles. The highest BCUT2D eigenvalue weighted by Gasteiger charge is 2.22. The van der Waals surface area contributed by atoms with Gasteiger partial charge in [-0.2, -0.15) is 0 Å². The zero-order valence-electron chi connectivity index (χ0n) is 6.91. The molecule has 1 unspecified atom stereocenters. The number of carbonyl (C=O) groups is 1. The van der Waals surface area contributed by atoms with Crippen molar-refractivity contribution in [1.82, 2.24) is 0 Å². The van der Waals surface area contributed by atoms with Crippen molar-refractivity contribution in [3.8, 4) is 5.75 Å². The number of rotatable bonds is 1. The SMILES string of the molecule is CC1COc2cccc(C=O)c21. The normalized spacial score (nSPS) is 19.9. The Labute approximate surface area is 71.2 Å². The lowest BCUT2D eigenvalue weighted by molar-refractivity contribution is 0.112. The molecule has 0 bridgehead atoms. The van der Waals surface area contributed by atoms with E-state index in [0.29, 0.717) is 12.5 Å². The minimum absolute atomic E-state index is 0.349. The lowest BCUT2D eigenvalue weighted by atomic mass is 9.98. The third-order valence-corrected chi connectivity index (χ3v) is 2.21. The first-order valence-electron chi connectivity index (χ1n) is 4.04. The molecule has 2 heteroatoms. The maximum atomic E-state index is 10.7. The van der Waals surface area contributed by atoms with Crippen LogP contribution < -0.4 is 4.74 Å². The Hall–Kier alpha value is -1.31. The molecule has 0 spiro atoms. The lowest BCUT2D eigenvalue weighted by Gasteiger charge is -2.02. The van der Waals surface area contributed by atoms with Gasteiger partial charge in [0.25, 0.3) is 0 Å². The van der Waals surface area contributed by atoms with Gasteiger partial charge >= 0.3 is 0 Å². The molecular weight excluding hydrogens is 152 g/mol. The molecule has 1 aliphatic heterocycles. The van der Waals surface area contributed by atoms with Gasteiger partial charge in [-0.1, -0.05) is 19.1 Å². The van der Waals surface area contributed by atoms with Gasteiger partial charge in [-0.25, -0.2) is 0 Å². The maximum absolute atomic E-state index is 10.7. The number of hydrogen-bond acceptors (Lipinski definition) is 2. The Morgan fingerprint density at radius 1 is 1.58 bits per heavy atom. The molecule has 2 nitrogen and oxygen atoms in total. The number of fused-ring (bicyclic) bond motifs is 1. The summed E-state index contributed by atoms with van der Waals surface area (Å²) in [5, 5.41) is 0. The van der Waals surface area contributed by atoms with Gasteiger partial charge in [0.1, 0.15) is 12.0 Å². The Morgan fingerprint density at radius 2 is 2.42 bits per heavy atom. The molecule has 0 aliphatic carbocycles. The van der Waals surface area contributed by atoms with Crippen LogP contribution in [0.25, 0.3) is 0 Å². The van der Waals surface area contributed by atoms with Crippen LogP contribution in [0.4, 0.5) is 0 Å². The molecule has 0 saturated heterocycles. The third-order valence-electron chi connectivity index (χ3n) is 2.21. The number of hydrogen-bond donors (Lipinski definition) is 0. The quantitative estimate of drug-likeness (QED) is 0.590. The molecule has 1 aromatic carbocycles. The van der Waals surface area contributed by atoms with Gasteiger partial charge < -0.3 is 4.74 Å². The smallest absolute Gasteiger partial charge is 0.150 e. The summed E-state index contributed by atoms with van der Waals surface area (Å²) in [6.45, 7) is 2.76. The minimum atomic E-state index is 0.349. The van der Waals surface area contributed by atoms with Gasteiger partial charge in [0, 0.05) is 17.0 Å². The van der Waals surface area contributed by atoms with Crippen molar-refractivity contribution in [2.75, 3.05) is 6.61 Å². The van der Waals surface area contributed by atoms with Gasteiger partial charge in [0.15, 0.2) is 0 Å². The van der Waals surface area contributed by atoms with Crippen LogP contribution in [0.2, 0.25) is 0 Å². The third kappa shape index (κ3) is 0.916. The second kappa shape index (κ2) is 2.63.